The molecule has 0 radical (unpaired) electrons. The van der Waals surface area contributed by atoms with Crippen LogP contribution in [-0.4, -0.2) is 44.4 Å². The second-order valence-electron chi connectivity index (χ2n) is 3.97. The molecule has 1 rings (SSSR count). The fraction of sp³-hybridized carbons (Fsp3) is 0.538. The molecule has 1 aromatic rings. The number of carbonyl (C=O) groups is 1. The molecule has 19 heavy (non-hydrogen) atoms. The van der Waals surface area contributed by atoms with Gasteiger partial charge in [-0.25, -0.2) is 9.78 Å². The van der Waals surface area contributed by atoms with E-state index in [0.717, 1.165) is 0 Å². The van der Waals surface area contributed by atoms with Crippen LogP contribution < -0.4 is 10.6 Å². The molecule has 0 unspecified atom stereocenters. The van der Waals surface area contributed by atoms with Crippen molar-refractivity contribution in [2.24, 2.45) is 0 Å². The van der Waals surface area contributed by atoms with Crippen LogP contribution in [0.1, 0.15) is 24.2 Å². The number of nitrogens with two attached hydrogens (primary N) is 1. The largest absolute Gasteiger partial charge is 0.462 e. The molecule has 0 aliphatic rings. The predicted molar refractivity (Wildman–Crippen MR) is 74.4 cm³/mol. The third kappa shape index (κ3) is 4.40. The lowest BCUT2D eigenvalue weighted by Crippen LogP contribution is -2.24. The SMILES string of the molecule is CCOCCN(C)c1cc(C(=O)OCC)c(N)cn1. The number of likely N-dealkylation sites (N-methyl/N-ethyl adjacent to an activating group) is 1. The van der Waals surface area contributed by atoms with Gasteiger partial charge >= 0.3 is 5.97 Å². The van der Waals surface area contributed by atoms with Crippen molar-refractivity contribution in [3.63, 3.8) is 0 Å². The molecule has 0 aromatic carbocycles. The van der Waals surface area contributed by atoms with Crippen molar-refractivity contribution in [2.45, 2.75) is 13.8 Å². The van der Waals surface area contributed by atoms with Crippen molar-refractivity contribution in [3.05, 3.63) is 17.8 Å². The molecular formula is C13H21N3O3. The van der Waals surface area contributed by atoms with Crippen LogP contribution in [0.5, 0.6) is 0 Å². The van der Waals surface area contributed by atoms with Crippen molar-refractivity contribution < 1.29 is 14.3 Å². The first-order valence-electron chi connectivity index (χ1n) is 6.31. The Morgan fingerprint density at radius 3 is 2.79 bits per heavy atom. The summed E-state index contributed by atoms with van der Waals surface area (Å²) in [7, 11) is 1.88. The number of anilines is 2. The van der Waals surface area contributed by atoms with Gasteiger partial charge in [0.15, 0.2) is 0 Å². The number of ether oxygens (including phenoxy) is 2. The van der Waals surface area contributed by atoms with E-state index in [1.54, 1.807) is 13.0 Å². The second kappa shape index (κ2) is 7.58. The average Bonchev–Trinajstić information content (AvgIpc) is 2.39. The third-order valence-electron chi connectivity index (χ3n) is 2.58. The Morgan fingerprint density at radius 1 is 1.42 bits per heavy atom. The standard InChI is InChI=1S/C13H21N3O3/c1-4-18-7-6-16(3)12-8-10(11(14)9-15-12)13(17)19-5-2/h8-9H,4-7,14H2,1-3H3. The first kappa shape index (κ1) is 15.2. The van der Waals surface area contributed by atoms with Gasteiger partial charge in [-0.05, 0) is 19.9 Å². The van der Waals surface area contributed by atoms with E-state index < -0.39 is 5.97 Å². The van der Waals surface area contributed by atoms with Gasteiger partial charge in [-0.1, -0.05) is 0 Å². The van der Waals surface area contributed by atoms with Gasteiger partial charge in [-0.3, -0.25) is 0 Å². The van der Waals surface area contributed by atoms with E-state index in [-0.39, 0.29) is 0 Å². The summed E-state index contributed by atoms with van der Waals surface area (Å²) >= 11 is 0. The molecule has 6 nitrogen and oxygen atoms in total. The summed E-state index contributed by atoms with van der Waals surface area (Å²) in [6.07, 6.45) is 1.47. The lowest BCUT2D eigenvalue weighted by Gasteiger charge is -2.18. The average molecular weight is 267 g/mol. The molecule has 2 N–H and O–H groups in total. The minimum atomic E-state index is -0.429. The van der Waals surface area contributed by atoms with Crippen molar-refractivity contribution in [2.75, 3.05) is 44.0 Å². The Hall–Kier alpha value is -1.82. The number of esters is 1. The van der Waals surface area contributed by atoms with E-state index in [1.165, 1.54) is 6.20 Å². The predicted octanol–water partition coefficient (Wildman–Crippen LogP) is 1.31. The summed E-state index contributed by atoms with van der Waals surface area (Å²) in [4.78, 5) is 17.8. The van der Waals surface area contributed by atoms with Crippen LogP contribution in [0.4, 0.5) is 11.5 Å². The molecule has 0 spiro atoms. The maximum absolute atomic E-state index is 11.7. The Bertz CT molecular complexity index is 424. The van der Waals surface area contributed by atoms with Gasteiger partial charge < -0.3 is 20.1 Å². The molecule has 0 aliphatic heterocycles. The number of nitrogen functional groups attached to an aromatic ring is 1. The summed E-state index contributed by atoms with van der Waals surface area (Å²) in [6.45, 7) is 5.98. The molecule has 0 bridgehead atoms. The van der Waals surface area contributed by atoms with Gasteiger partial charge in [0.25, 0.3) is 0 Å². The van der Waals surface area contributed by atoms with Crippen molar-refractivity contribution in [3.8, 4) is 0 Å². The number of aromatic nitrogens is 1. The molecule has 1 aromatic heterocycles. The highest BCUT2D eigenvalue weighted by Crippen LogP contribution is 2.18. The smallest absolute Gasteiger partial charge is 0.340 e. The quantitative estimate of drug-likeness (QED) is 0.593. The van der Waals surface area contributed by atoms with E-state index in [4.69, 9.17) is 15.2 Å². The van der Waals surface area contributed by atoms with Gasteiger partial charge in [-0.2, -0.15) is 0 Å². The third-order valence-corrected chi connectivity index (χ3v) is 2.58. The second-order valence-corrected chi connectivity index (χ2v) is 3.97. The normalized spacial score (nSPS) is 10.3. The molecule has 6 heteroatoms. The fourth-order valence-electron chi connectivity index (χ4n) is 1.51. The lowest BCUT2D eigenvalue weighted by atomic mass is 10.2. The van der Waals surface area contributed by atoms with Crippen LogP contribution in [-0.2, 0) is 9.47 Å². The molecule has 0 amide bonds. The van der Waals surface area contributed by atoms with Crippen LogP contribution in [0.2, 0.25) is 0 Å². The van der Waals surface area contributed by atoms with Crippen LogP contribution in [0.25, 0.3) is 0 Å². The first-order chi connectivity index (χ1) is 9.10. The summed E-state index contributed by atoms with van der Waals surface area (Å²) in [5, 5.41) is 0. The highest BCUT2D eigenvalue weighted by atomic mass is 16.5. The van der Waals surface area contributed by atoms with Gasteiger partial charge in [0, 0.05) is 20.2 Å². The van der Waals surface area contributed by atoms with Crippen LogP contribution in [0, 0.1) is 0 Å². The van der Waals surface area contributed by atoms with Gasteiger partial charge in [0.05, 0.1) is 30.7 Å². The van der Waals surface area contributed by atoms with E-state index in [0.29, 0.717) is 43.4 Å². The number of hydrogen-bond acceptors (Lipinski definition) is 6. The van der Waals surface area contributed by atoms with Crippen LogP contribution in [0.3, 0.4) is 0 Å². The minimum Gasteiger partial charge on any atom is -0.462 e. The maximum atomic E-state index is 11.7. The Kier molecular flexibility index (Phi) is 6.08. The van der Waals surface area contributed by atoms with Crippen molar-refractivity contribution in [1.29, 1.82) is 0 Å². The monoisotopic (exact) mass is 267 g/mol. The molecule has 106 valence electrons. The van der Waals surface area contributed by atoms with Gasteiger partial charge in [-0.15, -0.1) is 0 Å². The molecule has 0 saturated heterocycles. The number of rotatable bonds is 7. The number of pyridine rings is 1. The van der Waals surface area contributed by atoms with Crippen LogP contribution in [0.15, 0.2) is 12.3 Å². The van der Waals surface area contributed by atoms with Gasteiger partial charge in [0.1, 0.15) is 5.82 Å². The first-order valence-corrected chi connectivity index (χ1v) is 6.31. The number of carbonyl (C=O) groups excluding carboxylic acids is 1. The zero-order valence-electron chi connectivity index (χ0n) is 11.7. The van der Waals surface area contributed by atoms with E-state index in [9.17, 15) is 4.79 Å². The molecule has 0 aliphatic carbocycles. The lowest BCUT2D eigenvalue weighted by molar-refractivity contribution is 0.0527. The van der Waals surface area contributed by atoms with Crippen LogP contribution >= 0.6 is 0 Å². The van der Waals surface area contributed by atoms with E-state index in [1.807, 2.05) is 18.9 Å². The fourth-order valence-corrected chi connectivity index (χ4v) is 1.51. The molecular weight excluding hydrogens is 246 g/mol. The Labute approximate surface area is 113 Å². The van der Waals surface area contributed by atoms with Gasteiger partial charge in [0.2, 0.25) is 0 Å². The molecule has 0 saturated carbocycles. The summed E-state index contributed by atoms with van der Waals surface area (Å²) in [6, 6.07) is 1.64. The maximum Gasteiger partial charge on any atom is 0.340 e. The Balaban J connectivity index is 2.80. The van der Waals surface area contributed by atoms with Crippen molar-refractivity contribution >= 4 is 17.5 Å². The minimum absolute atomic E-state index is 0.316. The highest BCUT2D eigenvalue weighted by Gasteiger charge is 2.14. The summed E-state index contributed by atoms with van der Waals surface area (Å²) in [5.41, 5.74) is 6.40. The summed E-state index contributed by atoms with van der Waals surface area (Å²) in [5.74, 6) is 0.235. The Morgan fingerprint density at radius 2 is 2.16 bits per heavy atom. The number of hydrogen-bond donors (Lipinski definition) is 1. The molecule has 0 fully saturated rings. The highest BCUT2D eigenvalue weighted by molar-refractivity contribution is 5.95. The zero-order valence-corrected chi connectivity index (χ0v) is 11.7. The van der Waals surface area contributed by atoms with E-state index in [2.05, 4.69) is 4.98 Å². The van der Waals surface area contributed by atoms with E-state index >= 15 is 0 Å². The summed E-state index contributed by atoms with van der Waals surface area (Å²) < 4.78 is 10.2. The number of nitrogens with zero attached hydrogens (tertiary/aromatic N) is 2. The molecule has 1 heterocycles. The zero-order chi connectivity index (χ0) is 14.3. The van der Waals surface area contributed by atoms with Crippen molar-refractivity contribution in [1.82, 2.24) is 4.98 Å². The topological polar surface area (TPSA) is 77.7 Å². The molecule has 0 atom stereocenters.